The first-order chi connectivity index (χ1) is 31.5. The number of fused-ring (bicyclic) bond motifs is 6. The first-order valence-electron chi connectivity index (χ1n) is 22.0. The molecule has 5 aromatic carbocycles. The van der Waals surface area contributed by atoms with Gasteiger partial charge in [0.15, 0.2) is 5.79 Å². The van der Waals surface area contributed by atoms with Gasteiger partial charge in [-0.15, -0.1) is 0 Å². The minimum Gasteiger partial charge on any atom is -0.453 e. The Morgan fingerprint density at radius 3 is 1.89 bits per heavy atom. The summed E-state index contributed by atoms with van der Waals surface area (Å²) in [6.07, 6.45) is 0.580. The Kier molecular flexibility index (Phi) is 10.9. The Morgan fingerprint density at radius 2 is 1.31 bits per heavy atom. The molecule has 1 spiro atoms. The topological polar surface area (TPSA) is 193 Å². The third-order valence-corrected chi connectivity index (χ3v) is 13.1. The molecule has 3 saturated heterocycles. The lowest BCUT2D eigenvalue weighted by molar-refractivity contribution is -0.153. The van der Waals surface area contributed by atoms with Crippen molar-refractivity contribution in [1.82, 2.24) is 40.4 Å². The first kappa shape index (κ1) is 41.9. The summed E-state index contributed by atoms with van der Waals surface area (Å²) in [7, 11) is 2.56. The van der Waals surface area contributed by atoms with Crippen LogP contribution in [0.25, 0.3) is 54.7 Å². The maximum Gasteiger partial charge on any atom is 0.407 e. The molecule has 16 nitrogen and oxygen atoms in total. The zero-order chi connectivity index (χ0) is 45.0. The molecule has 3 aliphatic heterocycles. The van der Waals surface area contributed by atoms with E-state index in [2.05, 4.69) is 69.1 Å². The quantitative estimate of drug-likeness (QED) is 0.112. The van der Waals surface area contributed by atoms with Crippen LogP contribution in [0.5, 0.6) is 0 Å². The van der Waals surface area contributed by atoms with Crippen molar-refractivity contribution in [3.63, 3.8) is 0 Å². The number of aromatic nitrogens is 4. The number of alkyl carbamates (subject to hydrolysis) is 2. The molecule has 0 bridgehead atoms. The van der Waals surface area contributed by atoms with E-state index in [1.54, 1.807) is 9.80 Å². The highest BCUT2D eigenvalue weighted by Crippen LogP contribution is 2.44. The van der Waals surface area contributed by atoms with Crippen LogP contribution in [-0.2, 0) is 28.5 Å². The van der Waals surface area contributed by atoms with E-state index < -0.39 is 36.1 Å². The number of benzene rings is 5. The molecule has 65 heavy (non-hydrogen) atoms. The van der Waals surface area contributed by atoms with E-state index in [1.807, 2.05) is 56.3 Å². The van der Waals surface area contributed by atoms with E-state index in [9.17, 15) is 19.2 Å². The third kappa shape index (κ3) is 7.65. The second-order valence-electron chi connectivity index (χ2n) is 17.4. The zero-order valence-electron chi connectivity index (χ0n) is 36.6. The molecule has 0 unspecified atom stereocenters. The van der Waals surface area contributed by atoms with Gasteiger partial charge in [0.05, 0.1) is 68.1 Å². The highest BCUT2D eigenvalue weighted by atomic mass is 16.7. The first-order valence-corrected chi connectivity index (χ1v) is 22.0. The number of aromatic amines is 2. The van der Waals surface area contributed by atoms with E-state index in [-0.39, 0.29) is 30.3 Å². The molecule has 2 aromatic heterocycles. The van der Waals surface area contributed by atoms with Crippen LogP contribution in [0.15, 0.2) is 91.0 Å². The van der Waals surface area contributed by atoms with Gasteiger partial charge in [0.25, 0.3) is 5.91 Å². The third-order valence-electron chi connectivity index (χ3n) is 13.1. The number of methoxy groups -OCH3 is 2. The largest absolute Gasteiger partial charge is 0.453 e. The fourth-order valence-electron chi connectivity index (χ4n) is 9.82. The molecule has 0 radical (unpaired) electrons. The summed E-state index contributed by atoms with van der Waals surface area (Å²) in [5.74, 6) is -0.318. The lowest BCUT2D eigenvalue weighted by atomic mass is 9.98. The lowest BCUT2D eigenvalue weighted by Gasteiger charge is -2.30. The van der Waals surface area contributed by atoms with Gasteiger partial charge < -0.3 is 49.3 Å². The molecule has 5 heterocycles. The predicted octanol–water partition coefficient (Wildman–Crippen LogP) is 7.57. The normalized spacial score (nSPS) is 19.2. The fraction of sp³-hybridized carbons (Fsp3) is 0.347. The molecule has 4 atom stereocenters. The number of hydrogen-bond donors (Lipinski definition) is 4. The second kappa shape index (κ2) is 16.8. The maximum absolute atomic E-state index is 14.2. The molecule has 16 heteroatoms. The van der Waals surface area contributed by atoms with Crippen molar-refractivity contribution in [1.29, 1.82) is 0 Å². The number of amides is 4. The van der Waals surface area contributed by atoms with Gasteiger partial charge in [0.1, 0.15) is 23.7 Å². The van der Waals surface area contributed by atoms with Crippen LogP contribution < -0.4 is 10.6 Å². The van der Waals surface area contributed by atoms with Crippen LogP contribution in [0.3, 0.4) is 0 Å². The average Bonchev–Trinajstić information content (AvgIpc) is 4.19. The highest BCUT2D eigenvalue weighted by Gasteiger charge is 2.53. The molecule has 3 aliphatic rings. The minimum atomic E-state index is -0.954. The number of imidazole rings is 2. The van der Waals surface area contributed by atoms with Gasteiger partial charge in [-0.3, -0.25) is 9.59 Å². The van der Waals surface area contributed by atoms with Crippen molar-refractivity contribution in [3.8, 4) is 11.1 Å². The minimum absolute atomic E-state index is 0.203. The van der Waals surface area contributed by atoms with Crippen LogP contribution in [0, 0.1) is 5.92 Å². The van der Waals surface area contributed by atoms with Crippen molar-refractivity contribution < 1.29 is 38.1 Å². The van der Waals surface area contributed by atoms with Gasteiger partial charge in [-0.1, -0.05) is 80.6 Å². The van der Waals surface area contributed by atoms with Crippen LogP contribution in [0.4, 0.5) is 9.59 Å². The number of H-pyrrole nitrogens is 2. The molecule has 4 amide bonds. The summed E-state index contributed by atoms with van der Waals surface area (Å²) in [5, 5.41) is 9.51. The van der Waals surface area contributed by atoms with Gasteiger partial charge in [-0.05, 0) is 70.5 Å². The highest BCUT2D eigenvalue weighted by molar-refractivity contribution is 6.07. The number of carbonyl (C=O) groups excluding carboxylic acids is 4. The summed E-state index contributed by atoms with van der Waals surface area (Å²) in [5.41, 5.74) is 6.08. The van der Waals surface area contributed by atoms with Crippen LogP contribution in [-0.4, -0.2) is 106 Å². The SMILES string of the molecule is COC(=O)N[C@H](C(=O)N1CC2(C[C@H]1c1nc3ccc4cc(-c5ccc6c(ccc7nc([C@@H]8CCCN8C(=O)[C@H](NC(=O)OC)c8ccccc8)[nH]c76)c5)ccc4c3[nH]1)OCCO2)C(C)C. The van der Waals surface area contributed by atoms with E-state index in [0.29, 0.717) is 43.4 Å². The van der Waals surface area contributed by atoms with Crippen molar-refractivity contribution in [2.24, 2.45) is 5.92 Å². The van der Waals surface area contributed by atoms with Gasteiger partial charge in [-0.2, -0.15) is 0 Å². The number of likely N-dealkylation sites (tertiary alicyclic amines) is 2. The number of ether oxygens (including phenoxy) is 4. The van der Waals surface area contributed by atoms with Gasteiger partial charge in [-0.25, -0.2) is 19.6 Å². The summed E-state index contributed by atoms with van der Waals surface area (Å²) in [4.78, 5) is 73.5. The van der Waals surface area contributed by atoms with E-state index >= 15 is 0 Å². The maximum atomic E-state index is 14.2. The van der Waals surface area contributed by atoms with E-state index in [1.165, 1.54) is 14.2 Å². The molecule has 7 aromatic rings. The van der Waals surface area contributed by atoms with Crippen molar-refractivity contribution in [2.45, 2.75) is 63.1 Å². The molecule has 334 valence electrons. The summed E-state index contributed by atoms with van der Waals surface area (Å²) in [6.45, 7) is 5.36. The van der Waals surface area contributed by atoms with E-state index in [0.717, 1.165) is 67.6 Å². The number of nitrogens with zero attached hydrogens (tertiary/aromatic N) is 4. The molecule has 4 N–H and O–H groups in total. The Balaban J connectivity index is 0.924. The molecule has 3 fully saturated rings. The molecule has 0 saturated carbocycles. The molecule has 0 aliphatic carbocycles. The van der Waals surface area contributed by atoms with Crippen molar-refractivity contribution >= 4 is 67.6 Å². The van der Waals surface area contributed by atoms with Gasteiger partial charge in [0.2, 0.25) is 5.91 Å². The smallest absolute Gasteiger partial charge is 0.407 e. The molecular weight excluding hydrogens is 829 g/mol. The van der Waals surface area contributed by atoms with Gasteiger partial charge >= 0.3 is 12.2 Å². The second-order valence-corrected chi connectivity index (χ2v) is 17.4. The van der Waals surface area contributed by atoms with Crippen LogP contribution in [0.2, 0.25) is 0 Å². The van der Waals surface area contributed by atoms with E-state index in [4.69, 9.17) is 28.9 Å². The van der Waals surface area contributed by atoms with Crippen LogP contribution in [0.1, 0.15) is 68.4 Å². The molecular formula is C49H50N8O8. The number of hydrogen-bond acceptors (Lipinski definition) is 10. The lowest BCUT2D eigenvalue weighted by Crippen LogP contribution is -2.52. The Labute approximate surface area is 373 Å². The fourth-order valence-corrected chi connectivity index (χ4v) is 9.82. The average molecular weight is 879 g/mol. The number of nitrogens with one attached hydrogen (secondary N) is 4. The monoisotopic (exact) mass is 878 g/mol. The Hall–Kier alpha value is -7.04. The predicted molar refractivity (Wildman–Crippen MR) is 242 cm³/mol. The Morgan fingerprint density at radius 1 is 0.723 bits per heavy atom. The summed E-state index contributed by atoms with van der Waals surface area (Å²) in [6, 6.07) is 27.6. The van der Waals surface area contributed by atoms with Crippen LogP contribution >= 0.6 is 0 Å². The van der Waals surface area contributed by atoms with Gasteiger partial charge in [0, 0.05) is 23.7 Å². The van der Waals surface area contributed by atoms with Crippen molar-refractivity contribution in [3.05, 3.63) is 108 Å². The summed E-state index contributed by atoms with van der Waals surface area (Å²) < 4.78 is 21.9. The zero-order valence-corrected chi connectivity index (χ0v) is 36.6. The number of carbonyl (C=O) groups is 4. The number of rotatable bonds is 9. The molecule has 10 rings (SSSR count). The Bertz CT molecular complexity index is 2980. The van der Waals surface area contributed by atoms with Crippen molar-refractivity contribution in [2.75, 3.05) is 40.5 Å². The summed E-state index contributed by atoms with van der Waals surface area (Å²) >= 11 is 0. The standard InChI is InChI=1S/C49H50N8O8/c1-27(2)39(54-47(60)62-3)45(58)57-26-49(64-21-22-65-49)25-38(57)44-51-36-19-15-32-24-30(13-17-34(32)42(36)53-44)29-12-16-33-31(23-29)14-18-35-41(33)52-43(50-35)37-11-8-20-56(37)46(59)40(55-48(61)63-4)28-9-6-5-7-10-28/h5-7,9-10,12-19,23-24,27,37-40H,8,11,20-22,25-26H2,1-4H3,(H,50,52)(H,51,53)(H,54,60)(H,55,61)/t37-,38-,39-,40+/m0/s1.